The van der Waals surface area contributed by atoms with Crippen LogP contribution in [0.4, 0.5) is 11.4 Å². The molecule has 0 atom stereocenters. The summed E-state index contributed by atoms with van der Waals surface area (Å²) in [4.78, 5) is 14.5. The Kier molecular flexibility index (Phi) is 5.72. The van der Waals surface area contributed by atoms with Gasteiger partial charge in [-0.15, -0.1) is 0 Å². The van der Waals surface area contributed by atoms with Gasteiger partial charge in [0, 0.05) is 30.4 Å². The molecular formula is C21H19ClN2O3S. The van der Waals surface area contributed by atoms with Gasteiger partial charge in [0.25, 0.3) is 15.9 Å². The topological polar surface area (TPSA) is 57.7 Å². The number of rotatable bonds is 5. The van der Waals surface area contributed by atoms with Crippen LogP contribution in [-0.4, -0.2) is 28.4 Å². The second-order valence-corrected chi connectivity index (χ2v) is 8.58. The molecule has 0 heterocycles. The fourth-order valence-electron chi connectivity index (χ4n) is 2.70. The third kappa shape index (κ3) is 4.03. The van der Waals surface area contributed by atoms with Crippen LogP contribution in [0.2, 0.25) is 5.02 Å². The number of carbonyl (C=O) groups excluding carboxylic acids is 1. The summed E-state index contributed by atoms with van der Waals surface area (Å²) in [6.45, 7) is 0. The zero-order valence-electron chi connectivity index (χ0n) is 15.4. The Hall–Kier alpha value is -2.83. The second-order valence-electron chi connectivity index (χ2n) is 6.18. The molecule has 28 heavy (non-hydrogen) atoms. The molecule has 0 aliphatic carbocycles. The minimum absolute atomic E-state index is 0.123. The first-order valence-electron chi connectivity index (χ1n) is 8.48. The fourth-order valence-corrected chi connectivity index (χ4v) is 4.01. The Labute approximate surface area is 169 Å². The van der Waals surface area contributed by atoms with E-state index in [1.165, 1.54) is 36.2 Å². The lowest BCUT2D eigenvalue weighted by atomic mass is 10.1. The van der Waals surface area contributed by atoms with Gasteiger partial charge in [-0.1, -0.05) is 35.9 Å². The van der Waals surface area contributed by atoms with Crippen molar-refractivity contribution in [3.8, 4) is 0 Å². The first-order valence-corrected chi connectivity index (χ1v) is 10.3. The van der Waals surface area contributed by atoms with Crippen molar-refractivity contribution >= 4 is 38.9 Å². The number of hydrogen-bond acceptors (Lipinski definition) is 3. The largest absolute Gasteiger partial charge is 0.311 e. The Morgan fingerprint density at radius 1 is 0.821 bits per heavy atom. The van der Waals surface area contributed by atoms with E-state index in [4.69, 9.17) is 11.6 Å². The highest BCUT2D eigenvalue weighted by Gasteiger charge is 2.22. The van der Waals surface area contributed by atoms with E-state index in [2.05, 4.69) is 0 Å². The summed E-state index contributed by atoms with van der Waals surface area (Å²) < 4.78 is 26.9. The normalized spacial score (nSPS) is 11.1. The van der Waals surface area contributed by atoms with E-state index in [1.54, 1.807) is 31.3 Å². The highest BCUT2D eigenvalue weighted by Crippen LogP contribution is 2.25. The van der Waals surface area contributed by atoms with E-state index in [0.29, 0.717) is 16.3 Å². The van der Waals surface area contributed by atoms with Crippen LogP contribution in [0.15, 0.2) is 83.8 Å². The number of halogens is 1. The van der Waals surface area contributed by atoms with Gasteiger partial charge in [0.05, 0.1) is 10.6 Å². The van der Waals surface area contributed by atoms with Gasteiger partial charge in [0.2, 0.25) is 0 Å². The number of anilines is 2. The van der Waals surface area contributed by atoms with Crippen LogP contribution < -0.4 is 9.21 Å². The van der Waals surface area contributed by atoms with Crippen molar-refractivity contribution < 1.29 is 13.2 Å². The van der Waals surface area contributed by atoms with E-state index < -0.39 is 10.0 Å². The van der Waals surface area contributed by atoms with Gasteiger partial charge in [0.15, 0.2) is 0 Å². The predicted octanol–water partition coefficient (Wildman–Crippen LogP) is 4.44. The third-order valence-corrected chi connectivity index (χ3v) is 6.43. The van der Waals surface area contributed by atoms with Gasteiger partial charge in [-0.05, 0) is 54.6 Å². The molecule has 0 aliphatic rings. The molecule has 0 aromatic heterocycles. The van der Waals surface area contributed by atoms with E-state index in [-0.39, 0.29) is 10.8 Å². The van der Waals surface area contributed by atoms with Gasteiger partial charge in [-0.3, -0.25) is 9.10 Å². The standard InChI is InChI=1S/C21H19ClN2O3S/c1-23(18-8-4-3-5-9-18)21(25)16-7-6-10-19(15-16)24(2)28(26,27)20-13-11-17(22)12-14-20/h3-15H,1-2H3. The number of amides is 1. The Morgan fingerprint density at radius 3 is 2.07 bits per heavy atom. The molecule has 0 saturated heterocycles. The van der Waals surface area contributed by atoms with Crippen molar-refractivity contribution in [3.05, 3.63) is 89.4 Å². The van der Waals surface area contributed by atoms with E-state index in [1.807, 2.05) is 30.3 Å². The van der Waals surface area contributed by atoms with Crippen molar-refractivity contribution in [3.63, 3.8) is 0 Å². The van der Waals surface area contributed by atoms with Gasteiger partial charge >= 0.3 is 0 Å². The number of para-hydroxylation sites is 1. The Bertz CT molecular complexity index is 1080. The minimum Gasteiger partial charge on any atom is -0.311 e. The van der Waals surface area contributed by atoms with Crippen molar-refractivity contribution in [2.24, 2.45) is 0 Å². The van der Waals surface area contributed by atoms with Gasteiger partial charge in [-0.25, -0.2) is 8.42 Å². The van der Waals surface area contributed by atoms with Crippen molar-refractivity contribution in [1.29, 1.82) is 0 Å². The van der Waals surface area contributed by atoms with Crippen LogP contribution >= 0.6 is 11.6 Å². The Balaban J connectivity index is 1.90. The molecule has 0 bridgehead atoms. The number of benzene rings is 3. The quantitative estimate of drug-likeness (QED) is 0.620. The minimum atomic E-state index is -3.77. The number of carbonyl (C=O) groups is 1. The summed E-state index contributed by atoms with van der Waals surface area (Å²) in [7, 11) is -0.642. The maximum absolute atomic E-state index is 12.9. The molecule has 0 spiro atoms. The molecule has 5 nitrogen and oxygen atoms in total. The SMILES string of the molecule is CN(C(=O)c1cccc(N(C)S(=O)(=O)c2ccc(Cl)cc2)c1)c1ccccc1. The summed E-state index contributed by atoms with van der Waals surface area (Å²) in [5, 5.41) is 0.457. The lowest BCUT2D eigenvalue weighted by molar-refractivity contribution is 0.0993. The molecule has 0 unspecified atom stereocenters. The molecule has 144 valence electrons. The van der Waals surface area contributed by atoms with Crippen LogP contribution in [0, 0.1) is 0 Å². The van der Waals surface area contributed by atoms with Crippen LogP contribution in [0.3, 0.4) is 0 Å². The summed E-state index contributed by atoms with van der Waals surface area (Å²) in [5.74, 6) is -0.231. The molecule has 7 heteroatoms. The number of sulfonamides is 1. The number of hydrogen-bond donors (Lipinski definition) is 0. The van der Waals surface area contributed by atoms with Crippen LogP contribution in [0.25, 0.3) is 0 Å². The second kappa shape index (κ2) is 8.04. The lowest BCUT2D eigenvalue weighted by Crippen LogP contribution is -2.28. The molecular weight excluding hydrogens is 396 g/mol. The molecule has 1 amide bonds. The summed E-state index contributed by atoms with van der Waals surface area (Å²) in [6.07, 6.45) is 0. The maximum Gasteiger partial charge on any atom is 0.264 e. The van der Waals surface area contributed by atoms with Gasteiger partial charge < -0.3 is 4.90 Å². The molecule has 0 radical (unpaired) electrons. The molecule has 0 saturated carbocycles. The van der Waals surface area contributed by atoms with Crippen molar-refractivity contribution in [1.82, 2.24) is 0 Å². The van der Waals surface area contributed by atoms with Crippen LogP contribution in [0.1, 0.15) is 10.4 Å². The highest BCUT2D eigenvalue weighted by molar-refractivity contribution is 7.92. The average molecular weight is 415 g/mol. The molecule has 0 aliphatic heterocycles. The van der Waals surface area contributed by atoms with E-state index in [9.17, 15) is 13.2 Å². The zero-order valence-corrected chi connectivity index (χ0v) is 17.0. The van der Waals surface area contributed by atoms with Crippen molar-refractivity contribution in [2.45, 2.75) is 4.90 Å². The van der Waals surface area contributed by atoms with Crippen LogP contribution in [0.5, 0.6) is 0 Å². The maximum atomic E-state index is 12.9. The van der Waals surface area contributed by atoms with Gasteiger partial charge in [-0.2, -0.15) is 0 Å². The fraction of sp³-hybridized carbons (Fsp3) is 0.0952. The number of nitrogens with zero attached hydrogens (tertiary/aromatic N) is 2. The van der Waals surface area contributed by atoms with E-state index in [0.717, 1.165) is 9.99 Å². The monoisotopic (exact) mass is 414 g/mol. The summed E-state index contributed by atoms with van der Waals surface area (Å²) in [6, 6.07) is 21.7. The Morgan fingerprint density at radius 2 is 1.43 bits per heavy atom. The van der Waals surface area contributed by atoms with Gasteiger partial charge in [0.1, 0.15) is 0 Å². The van der Waals surface area contributed by atoms with Crippen LogP contribution in [-0.2, 0) is 10.0 Å². The smallest absolute Gasteiger partial charge is 0.264 e. The molecule has 3 aromatic carbocycles. The highest BCUT2D eigenvalue weighted by atomic mass is 35.5. The molecule has 3 rings (SSSR count). The first kappa shape index (κ1) is 19.9. The predicted molar refractivity (Wildman–Crippen MR) is 113 cm³/mol. The first-order chi connectivity index (χ1) is 13.3. The summed E-state index contributed by atoms with van der Waals surface area (Å²) in [5.41, 5.74) is 1.53. The third-order valence-electron chi connectivity index (χ3n) is 4.38. The molecule has 3 aromatic rings. The molecule has 0 fully saturated rings. The molecule has 0 N–H and O–H groups in total. The average Bonchev–Trinajstić information content (AvgIpc) is 2.73. The lowest BCUT2D eigenvalue weighted by Gasteiger charge is -2.21. The zero-order chi connectivity index (χ0) is 20.3. The van der Waals surface area contributed by atoms with Crippen molar-refractivity contribution in [2.75, 3.05) is 23.3 Å². The van der Waals surface area contributed by atoms with E-state index >= 15 is 0 Å². The summed E-state index contributed by atoms with van der Waals surface area (Å²) >= 11 is 5.84.